The second-order valence-corrected chi connectivity index (χ2v) is 5.16. The molecule has 0 atom stereocenters. The molecule has 3 nitrogen and oxygen atoms in total. The Morgan fingerprint density at radius 3 is 2.73 bits per heavy atom. The van der Waals surface area contributed by atoms with Gasteiger partial charge in [0.2, 0.25) is 0 Å². The molecule has 0 saturated carbocycles. The first-order valence-corrected chi connectivity index (χ1v) is 7.04. The molecule has 5 heteroatoms. The number of benzene rings is 2. The predicted octanol–water partition coefficient (Wildman–Crippen LogP) is 3.57. The Bertz CT molecular complexity index is 716. The normalized spacial score (nSPS) is 13.7. The summed E-state index contributed by atoms with van der Waals surface area (Å²) in [5, 5.41) is 0. The van der Waals surface area contributed by atoms with Gasteiger partial charge in [-0.25, -0.2) is 8.78 Å². The minimum absolute atomic E-state index is 0.123. The van der Waals surface area contributed by atoms with Crippen LogP contribution in [0, 0.1) is 11.6 Å². The van der Waals surface area contributed by atoms with Crippen molar-refractivity contribution in [1.29, 1.82) is 0 Å². The number of nitrogens with zero attached hydrogens (tertiary/aromatic N) is 1. The average Bonchev–Trinajstić information content (AvgIpc) is 2.55. The maximum absolute atomic E-state index is 13.4. The fraction of sp³-hybridized carbons (Fsp3) is 0.235. The number of aryl methyl sites for hydroxylation is 1. The maximum Gasteiger partial charge on any atom is 0.258 e. The third-order valence-corrected chi connectivity index (χ3v) is 3.81. The van der Waals surface area contributed by atoms with Gasteiger partial charge in [-0.1, -0.05) is 12.1 Å². The number of anilines is 1. The first-order chi connectivity index (χ1) is 10.6. The molecule has 0 unspecified atom stereocenters. The van der Waals surface area contributed by atoms with Gasteiger partial charge in [-0.3, -0.25) is 4.79 Å². The van der Waals surface area contributed by atoms with Crippen LogP contribution in [0.3, 0.4) is 0 Å². The van der Waals surface area contributed by atoms with E-state index in [0.717, 1.165) is 30.5 Å². The number of carbonyl (C=O) groups is 1. The largest absolute Gasteiger partial charge is 0.495 e. The molecule has 0 radical (unpaired) electrons. The summed E-state index contributed by atoms with van der Waals surface area (Å²) >= 11 is 0. The minimum atomic E-state index is -1.02. The number of halogens is 2. The van der Waals surface area contributed by atoms with Crippen molar-refractivity contribution < 1.29 is 18.3 Å². The number of hydrogen-bond donors (Lipinski definition) is 0. The fourth-order valence-electron chi connectivity index (χ4n) is 2.77. The molecule has 1 amide bonds. The number of ether oxygens (including phenoxy) is 1. The van der Waals surface area contributed by atoms with Gasteiger partial charge in [0.15, 0.2) is 11.6 Å². The van der Waals surface area contributed by atoms with Crippen molar-refractivity contribution in [3.05, 3.63) is 59.2 Å². The first kappa shape index (κ1) is 14.5. The zero-order chi connectivity index (χ0) is 15.7. The molecule has 0 saturated heterocycles. The molecule has 22 heavy (non-hydrogen) atoms. The van der Waals surface area contributed by atoms with Crippen LogP contribution in [0.15, 0.2) is 36.4 Å². The van der Waals surface area contributed by atoms with Crippen LogP contribution in [0.4, 0.5) is 14.5 Å². The molecule has 0 N–H and O–H groups in total. The summed E-state index contributed by atoms with van der Waals surface area (Å²) in [6.45, 7) is 0.519. The lowest BCUT2D eigenvalue weighted by Gasteiger charge is -2.31. The molecule has 0 fully saturated rings. The van der Waals surface area contributed by atoms with E-state index in [2.05, 4.69) is 0 Å². The molecule has 1 aliphatic rings. The van der Waals surface area contributed by atoms with Gasteiger partial charge in [-0.15, -0.1) is 0 Å². The van der Waals surface area contributed by atoms with Crippen molar-refractivity contribution in [2.45, 2.75) is 12.8 Å². The molecule has 114 valence electrons. The van der Waals surface area contributed by atoms with Crippen LogP contribution in [0.1, 0.15) is 22.3 Å². The lowest BCUT2D eigenvalue weighted by molar-refractivity contribution is 0.0984. The lowest BCUT2D eigenvalue weighted by atomic mass is 10.00. The molecule has 1 heterocycles. The number of amides is 1. The van der Waals surface area contributed by atoms with E-state index >= 15 is 0 Å². The van der Waals surface area contributed by atoms with Crippen LogP contribution in [0.25, 0.3) is 0 Å². The van der Waals surface area contributed by atoms with Gasteiger partial charge in [0.05, 0.1) is 12.8 Å². The lowest BCUT2D eigenvalue weighted by Crippen LogP contribution is -2.35. The van der Waals surface area contributed by atoms with Gasteiger partial charge in [0, 0.05) is 12.1 Å². The Hall–Kier alpha value is -2.43. The van der Waals surface area contributed by atoms with E-state index < -0.39 is 11.6 Å². The summed E-state index contributed by atoms with van der Waals surface area (Å²) in [5.41, 5.74) is 1.85. The number of para-hydroxylation sites is 1. The number of fused-ring (bicyclic) bond motifs is 1. The predicted molar refractivity (Wildman–Crippen MR) is 79.3 cm³/mol. The van der Waals surface area contributed by atoms with E-state index in [1.807, 2.05) is 12.1 Å². The molecule has 0 aromatic heterocycles. The summed E-state index contributed by atoms with van der Waals surface area (Å²) in [5.74, 6) is -1.74. The Morgan fingerprint density at radius 1 is 1.18 bits per heavy atom. The second kappa shape index (κ2) is 5.75. The third kappa shape index (κ3) is 2.43. The van der Waals surface area contributed by atoms with E-state index in [9.17, 15) is 13.6 Å². The maximum atomic E-state index is 13.4. The summed E-state index contributed by atoms with van der Waals surface area (Å²) in [4.78, 5) is 14.2. The van der Waals surface area contributed by atoms with Crippen molar-refractivity contribution in [1.82, 2.24) is 0 Å². The molecule has 2 aromatic carbocycles. The van der Waals surface area contributed by atoms with Crippen LogP contribution in [0.2, 0.25) is 0 Å². The zero-order valence-electron chi connectivity index (χ0n) is 12.1. The fourth-order valence-corrected chi connectivity index (χ4v) is 2.77. The van der Waals surface area contributed by atoms with Crippen molar-refractivity contribution in [3.63, 3.8) is 0 Å². The Kier molecular flexibility index (Phi) is 3.79. The third-order valence-electron chi connectivity index (χ3n) is 3.81. The quantitative estimate of drug-likeness (QED) is 0.849. The topological polar surface area (TPSA) is 29.5 Å². The molecule has 0 spiro atoms. The highest BCUT2D eigenvalue weighted by atomic mass is 19.2. The van der Waals surface area contributed by atoms with Crippen LogP contribution < -0.4 is 9.64 Å². The highest BCUT2D eigenvalue weighted by molar-refractivity contribution is 6.07. The smallest absolute Gasteiger partial charge is 0.258 e. The summed E-state index contributed by atoms with van der Waals surface area (Å²) in [6.07, 6.45) is 1.67. The molecule has 3 rings (SSSR count). The summed E-state index contributed by atoms with van der Waals surface area (Å²) in [7, 11) is 1.55. The number of carbonyl (C=O) groups excluding carboxylic acids is 1. The van der Waals surface area contributed by atoms with E-state index in [1.54, 1.807) is 18.1 Å². The molecular weight excluding hydrogens is 288 g/mol. The molecule has 0 bridgehead atoms. The molecule has 0 aliphatic carbocycles. The van der Waals surface area contributed by atoms with Crippen LogP contribution in [-0.4, -0.2) is 19.6 Å². The summed E-state index contributed by atoms with van der Waals surface area (Å²) in [6, 6.07) is 8.81. The summed E-state index contributed by atoms with van der Waals surface area (Å²) < 4.78 is 31.8. The van der Waals surface area contributed by atoms with E-state index in [1.165, 1.54) is 6.07 Å². The van der Waals surface area contributed by atoms with Gasteiger partial charge >= 0.3 is 0 Å². The van der Waals surface area contributed by atoms with Crippen molar-refractivity contribution >= 4 is 11.6 Å². The second-order valence-electron chi connectivity index (χ2n) is 5.16. The van der Waals surface area contributed by atoms with Gasteiger partial charge in [-0.05, 0) is 42.7 Å². The Labute approximate surface area is 127 Å². The molecule has 2 aromatic rings. The van der Waals surface area contributed by atoms with Gasteiger partial charge in [0.25, 0.3) is 5.91 Å². The van der Waals surface area contributed by atoms with Gasteiger partial charge in [-0.2, -0.15) is 0 Å². The van der Waals surface area contributed by atoms with Crippen molar-refractivity contribution in [2.24, 2.45) is 0 Å². The zero-order valence-corrected chi connectivity index (χ0v) is 12.1. The van der Waals surface area contributed by atoms with E-state index in [4.69, 9.17) is 4.74 Å². The SMILES string of the molecule is COc1cccc2c1N(C(=O)c1ccc(F)c(F)c1)CCC2. The number of methoxy groups -OCH3 is 1. The Balaban J connectivity index is 2.03. The van der Waals surface area contributed by atoms with Gasteiger partial charge in [0.1, 0.15) is 5.75 Å². The van der Waals surface area contributed by atoms with Crippen LogP contribution in [0.5, 0.6) is 5.75 Å². The van der Waals surface area contributed by atoms with Crippen LogP contribution >= 0.6 is 0 Å². The highest BCUT2D eigenvalue weighted by Crippen LogP contribution is 2.36. The Morgan fingerprint density at radius 2 is 2.00 bits per heavy atom. The molecule has 1 aliphatic heterocycles. The highest BCUT2D eigenvalue weighted by Gasteiger charge is 2.27. The van der Waals surface area contributed by atoms with E-state index in [0.29, 0.717) is 18.0 Å². The van der Waals surface area contributed by atoms with Crippen molar-refractivity contribution in [3.8, 4) is 5.75 Å². The van der Waals surface area contributed by atoms with Crippen molar-refractivity contribution in [2.75, 3.05) is 18.6 Å². The van der Waals surface area contributed by atoms with Crippen LogP contribution in [-0.2, 0) is 6.42 Å². The average molecular weight is 303 g/mol. The van der Waals surface area contributed by atoms with Gasteiger partial charge < -0.3 is 9.64 Å². The number of rotatable bonds is 2. The monoisotopic (exact) mass is 303 g/mol. The molecular formula is C17H15F2NO2. The first-order valence-electron chi connectivity index (χ1n) is 7.04. The standard InChI is InChI=1S/C17H15F2NO2/c1-22-15-6-2-4-11-5-3-9-20(16(11)15)17(21)12-7-8-13(18)14(19)10-12/h2,4,6-8,10H,3,5,9H2,1H3. The van der Waals surface area contributed by atoms with E-state index in [-0.39, 0.29) is 11.5 Å². The number of hydrogen-bond acceptors (Lipinski definition) is 2. The minimum Gasteiger partial charge on any atom is -0.495 e.